The molecule has 0 aliphatic heterocycles. The van der Waals surface area contributed by atoms with Crippen molar-refractivity contribution in [3.05, 3.63) is 58.4 Å². The number of rotatable bonds is 1. The first-order chi connectivity index (χ1) is 8.66. The van der Waals surface area contributed by atoms with Crippen LogP contribution in [0, 0.1) is 0 Å². The summed E-state index contributed by atoms with van der Waals surface area (Å²) in [5.41, 5.74) is 2.15. The van der Waals surface area contributed by atoms with Gasteiger partial charge >= 0.3 is 0 Å². The van der Waals surface area contributed by atoms with Crippen LogP contribution >= 0.6 is 0 Å². The molecule has 3 rings (SSSR count). The molecule has 2 aromatic carbocycles. The van der Waals surface area contributed by atoms with Crippen molar-refractivity contribution >= 4 is 21.7 Å². The molecule has 1 heterocycles. The van der Waals surface area contributed by atoms with Crippen molar-refractivity contribution in [1.82, 2.24) is 4.98 Å². The molecule has 0 aliphatic rings. The Morgan fingerprint density at radius 3 is 2.39 bits per heavy atom. The van der Waals surface area contributed by atoms with E-state index in [9.17, 15) is 4.79 Å². The molecule has 0 saturated carbocycles. The van der Waals surface area contributed by atoms with Gasteiger partial charge in [0.25, 0.3) is 5.56 Å². The maximum absolute atomic E-state index is 12.0. The van der Waals surface area contributed by atoms with Crippen LogP contribution in [0.5, 0.6) is 0 Å². The van der Waals surface area contributed by atoms with Crippen LogP contribution < -0.4 is 5.56 Å². The van der Waals surface area contributed by atoms with E-state index in [1.54, 1.807) is 0 Å². The quantitative estimate of drug-likeness (QED) is 0.641. The first kappa shape index (κ1) is 11.0. The Morgan fingerprint density at radius 1 is 0.944 bits per heavy atom. The van der Waals surface area contributed by atoms with Crippen LogP contribution in [0.3, 0.4) is 0 Å². The number of pyridine rings is 1. The Kier molecular flexibility index (Phi) is 2.44. The Hall–Kier alpha value is -2.09. The normalized spacial score (nSPS) is 11.5. The summed E-state index contributed by atoms with van der Waals surface area (Å²) in [6, 6.07) is 14.0. The highest BCUT2D eigenvalue weighted by molar-refractivity contribution is 6.05. The first-order valence-corrected chi connectivity index (χ1v) is 6.21. The van der Waals surface area contributed by atoms with Gasteiger partial charge in [-0.05, 0) is 29.0 Å². The molecule has 1 N–H and O–H groups in total. The molecule has 0 bridgehead atoms. The molecule has 3 aromatic rings. The van der Waals surface area contributed by atoms with E-state index < -0.39 is 0 Å². The van der Waals surface area contributed by atoms with Gasteiger partial charge in [-0.15, -0.1) is 0 Å². The van der Waals surface area contributed by atoms with Crippen molar-refractivity contribution in [2.75, 3.05) is 0 Å². The molecule has 0 unspecified atom stereocenters. The van der Waals surface area contributed by atoms with E-state index in [1.807, 2.05) is 24.3 Å². The molecule has 0 radical (unpaired) electrons. The van der Waals surface area contributed by atoms with Crippen LogP contribution in [0.1, 0.15) is 25.3 Å². The summed E-state index contributed by atoms with van der Waals surface area (Å²) in [5.74, 6) is 0.462. The van der Waals surface area contributed by atoms with Crippen molar-refractivity contribution < 1.29 is 0 Å². The minimum atomic E-state index is -0.0148. The van der Waals surface area contributed by atoms with Gasteiger partial charge < -0.3 is 4.98 Å². The molecule has 2 nitrogen and oxygen atoms in total. The Morgan fingerprint density at radius 2 is 1.67 bits per heavy atom. The molecule has 90 valence electrons. The van der Waals surface area contributed by atoms with Crippen molar-refractivity contribution in [3.8, 4) is 0 Å². The third-order valence-corrected chi connectivity index (χ3v) is 3.42. The summed E-state index contributed by atoms with van der Waals surface area (Å²) >= 11 is 0. The van der Waals surface area contributed by atoms with Gasteiger partial charge in [0.15, 0.2) is 0 Å². The smallest absolute Gasteiger partial charge is 0.256 e. The molecule has 18 heavy (non-hydrogen) atoms. The summed E-state index contributed by atoms with van der Waals surface area (Å²) in [6.07, 6.45) is 0. The summed E-state index contributed by atoms with van der Waals surface area (Å²) in [4.78, 5) is 15.0. The van der Waals surface area contributed by atoms with Crippen LogP contribution in [-0.4, -0.2) is 4.98 Å². The Labute approximate surface area is 105 Å². The maximum Gasteiger partial charge on any atom is 0.256 e. The highest BCUT2D eigenvalue weighted by Crippen LogP contribution is 2.24. The van der Waals surface area contributed by atoms with Gasteiger partial charge in [-0.1, -0.05) is 44.2 Å². The molecule has 0 saturated heterocycles. The summed E-state index contributed by atoms with van der Waals surface area (Å²) in [5, 5.41) is 2.88. The largest absolute Gasteiger partial charge is 0.321 e. The standard InChI is InChI=1S/C16H15NO/c1-10(2)11-7-8-13-12-5-3-4-6-14(12)16(18)17-15(13)9-11/h3-10H,1-2H3,(H,17,18). The van der Waals surface area contributed by atoms with Gasteiger partial charge in [-0.2, -0.15) is 0 Å². The summed E-state index contributed by atoms with van der Waals surface area (Å²) in [7, 11) is 0. The zero-order valence-electron chi connectivity index (χ0n) is 10.5. The average Bonchev–Trinajstić information content (AvgIpc) is 2.38. The number of benzene rings is 2. The van der Waals surface area contributed by atoms with E-state index in [4.69, 9.17) is 0 Å². The Balaban J connectivity index is 2.46. The third-order valence-electron chi connectivity index (χ3n) is 3.42. The van der Waals surface area contributed by atoms with E-state index in [0.717, 1.165) is 21.7 Å². The van der Waals surface area contributed by atoms with Crippen LogP contribution in [0.25, 0.3) is 21.7 Å². The highest BCUT2D eigenvalue weighted by Gasteiger charge is 2.06. The van der Waals surface area contributed by atoms with Gasteiger partial charge in [0, 0.05) is 16.3 Å². The number of nitrogens with one attached hydrogen (secondary N) is 1. The number of hydrogen-bond acceptors (Lipinski definition) is 1. The van der Waals surface area contributed by atoms with Crippen LogP contribution in [0.15, 0.2) is 47.3 Å². The molecule has 0 atom stereocenters. The van der Waals surface area contributed by atoms with Gasteiger partial charge in [0.05, 0.1) is 0 Å². The number of H-pyrrole nitrogens is 1. The summed E-state index contributed by atoms with van der Waals surface area (Å²) < 4.78 is 0. The van der Waals surface area contributed by atoms with E-state index in [-0.39, 0.29) is 5.56 Å². The van der Waals surface area contributed by atoms with E-state index >= 15 is 0 Å². The number of fused-ring (bicyclic) bond motifs is 3. The molecule has 1 aromatic heterocycles. The third kappa shape index (κ3) is 1.61. The lowest BCUT2D eigenvalue weighted by atomic mass is 9.99. The van der Waals surface area contributed by atoms with Gasteiger partial charge in [-0.25, -0.2) is 0 Å². The SMILES string of the molecule is CC(C)c1ccc2c(c1)[nH]c(=O)c1ccccc12. The minimum absolute atomic E-state index is 0.0148. The average molecular weight is 237 g/mol. The molecule has 0 amide bonds. The second-order valence-electron chi connectivity index (χ2n) is 4.96. The highest BCUT2D eigenvalue weighted by atomic mass is 16.1. The number of aromatic amines is 1. The molecule has 2 heteroatoms. The van der Waals surface area contributed by atoms with E-state index in [1.165, 1.54) is 5.56 Å². The predicted octanol–water partition coefficient (Wildman–Crippen LogP) is 3.80. The van der Waals surface area contributed by atoms with Crippen molar-refractivity contribution in [2.24, 2.45) is 0 Å². The predicted molar refractivity (Wildman–Crippen MR) is 76.2 cm³/mol. The summed E-state index contributed by atoms with van der Waals surface area (Å²) in [6.45, 7) is 4.31. The number of hydrogen-bond donors (Lipinski definition) is 1. The molecular formula is C16H15NO. The molecule has 0 spiro atoms. The molecular weight excluding hydrogens is 222 g/mol. The van der Waals surface area contributed by atoms with Crippen LogP contribution in [-0.2, 0) is 0 Å². The van der Waals surface area contributed by atoms with Crippen molar-refractivity contribution in [3.63, 3.8) is 0 Å². The topological polar surface area (TPSA) is 32.9 Å². The number of aromatic nitrogens is 1. The van der Waals surface area contributed by atoms with E-state index in [0.29, 0.717) is 5.92 Å². The second kappa shape index (κ2) is 3.98. The maximum atomic E-state index is 12.0. The van der Waals surface area contributed by atoms with Crippen LogP contribution in [0.2, 0.25) is 0 Å². The fourth-order valence-corrected chi connectivity index (χ4v) is 2.36. The van der Waals surface area contributed by atoms with Crippen LogP contribution in [0.4, 0.5) is 0 Å². The first-order valence-electron chi connectivity index (χ1n) is 6.21. The monoisotopic (exact) mass is 237 g/mol. The second-order valence-corrected chi connectivity index (χ2v) is 4.96. The fraction of sp³-hybridized carbons (Fsp3) is 0.188. The lowest BCUT2D eigenvalue weighted by Gasteiger charge is -2.08. The van der Waals surface area contributed by atoms with Crippen molar-refractivity contribution in [2.45, 2.75) is 19.8 Å². The Bertz CT molecular complexity index is 784. The lowest BCUT2D eigenvalue weighted by molar-refractivity contribution is 0.868. The van der Waals surface area contributed by atoms with Gasteiger partial charge in [0.2, 0.25) is 0 Å². The zero-order chi connectivity index (χ0) is 12.7. The minimum Gasteiger partial charge on any atom is -0.321 e. The fourth-order valence-electron chi connectivity index (χ4n) is 2.36. The lowest BCUT2D eigenvalue weighted by Crippen LogP contribution is -2.06. The van der Waals surface area contributed by atoms with E-state index in [2.05, 4.69) is 37.0 Å². The zero-order valence-corrected chi connectivity index (χ0v) is 10.5. The van der Waals surface area contributed by atoms with Gasteiger partial charge in [-0.3, -0.25) is 4.79 Å². The molecule has 0 aliphatic carbocycles. The van der Waals surface area contributed by atoms with Crippen molar-refractivity contribution in [1.29, 1.82) is 0 Å². The molecule has 0 fully saturated rings. The van der Waals surface area contributed by atoms with Gasteiger partial charge in [0.1, 0.15) is 0 Å².